The third kappa shape index (κ3) is 2.91. The van der Waals surface area contributed by atoms with Crippen LogP contribution >= 0.6 is 0 Å². The number of aromatic nitrogens is 2. The second kappa shape index (κ2) is 4.67. The van der Waals surface area contributed by atoms with Crippen LogP contribution in [0.5, 0.6) is 0 Å². The number of carbonyl (C=O) groups excluding carboxylic acids is 1. The highest BCUT2D eigenvalue weighted by Gasteiger charge is 2.30. The van der Waals surface area contributed by atoms with Crippen molar-refractivity contribution >= 4 is 11.7 Å². The number of nitrogens with zero attached hydrogens (tertiary/aromatic N) is 2. The van der Waals surface area contributed by atoms with Crippen molar-refractivity contribution in [3.8, 4) is 0 Å². The minimum Gasteiger partial charge on any atom is -0.388 e. The predicted molar refractivity (Wildman–Crippen MR) is 62.5 cm³/mol. The molecule has 1 amide bonds. The van der Waals surface area contributed by atoms with E-state index in [9.17, 15) is 9.90 Å². The second-order valence-corrected chi connectivity index (χ2v) is 4.45. The lowest BCUT2D eigenvalue weighted by molar-refractivity contribution is 0.0613. The van der Waals surface area contributed by atoms with Crippen LogP contribution in [-0.2, 0) is 0 Å². The van der Waals surface area contributed by atoms with Gasteiger partial charge in [-0.2, -0.15) is 0 Å². The molecule has 6 heteroatoms. The van der Waals surface area contributed by atoms with Gasteiger partial charge in [0, 0.05) is 6.54 Å². The van der Waals surface area contributed by atoms with Crippen LogP contribution < -0.4 is 11.1 Å². The van der Waals surface area contributed by atoms with Crippen molar-refractivity contribution in [2.75, 3.05) is 11.9 Å². The summed E-state index contributed by atoms with van der Waals surface area (Å²) in [6.07, 6.45) is 3.74. The largest absolute Gasteiger partial charge is 0.388 e. The van der Waals surface area contributed by atoms with Crippen LogP contribution in [0.4, 0.5) is 5.82 Å². The molecule has 1 aromatic rings. The fourth-order valence-electron chi connectivity index (χ4n) is 2.02. The summed E-state index contributed by atoms with van der Waals surface area (Å²) in [4.78, 5) is 10.8. The number of hydrogen-bond acceptors (Lipinski definition) is 5. The first-order chi connectivity index (χ1) is 8.09. The highest BCUT2D eigenvalue weighted by Crippen LogP contribution is 2.29. The van der Waals surface area contributed by atoms with Gasteiger partial charge in [0.05, 0.1) is 5.60 Å². The van der Waals surface area contributed by atoms with Crippen LogP contribution in [0.25, 0.3) is 0 Å². The van der Waals surface area contributed by atoms with Gasteiger partial charge >= 0.3 is 0 Å². The second-order valence-electron chi connectivity index (χ2n) is 4.45. The van der Waals surface area contributed by atoms with E-state index in [4.69, 9.17) is 5.73 Å². The Kier molecular flexibility index (Phi) is 3.23. The van der Waals surface area contributed by atoms with Gasteiger partial charge in [-0.15, -0.1) is 10.2 Å². The van der Waals surface area contributed by atoms with Gasteiger partial charge < -0.3 is 16.2 Å². The summed E-state index contributed by atoms with van der Waals surface area (Å²) in [7, 11) is 0. The fourth-order valence-corrected chi connectivity index (χ4v) is 2.02. The molecule has 1 saturated carbocycles. The molecular weight excluding hydrogens is 220 g/mol. The van der Waals surface area contributed by atoms with Crippen molar-refractivity contribution in [3.63, 3.8) is 0 Å². The number of primary amides is 1. The number of hydrogen-bond donors (Lipinski definition) is 3. The maximum atomic E-state index is 10.8. The zero-order chi connectivity index (χ0) is 12.3. The van der Waals surface area contributed by atoms with Gasteiger partial charge in [0.1, 0.15) is 5.82 Å². The van der Waals surface area contributed by atoms with E-state index in [-0.39, 0.29) is 5.69 Å². The molecule has 92 valence electrons. The molecule has 2 rings (SSSR count). The normalized spacial score (nSPS) is 17.9. The molecule has 0 unspecified atom stereocenters. The zero-order valence-corrected chi connectivity index (χ0v) is 9.52. The van der Waals surface area contributed by atoms with Crippen molar-refractivity contribution in [3.05, 3.63) is 17.8 Å². The van der Waals surface area contributed by atoms with Gasteiger partial charge in [-0.25, -0.2) is 0 Å². The summed E-state index contributed by atoms with van der Waals surface area (Å²) >= 11 is 0. The van der Waals surface area contributed by atoms with Gasteiger partial charge in [-0.1, -0.05) is 12.8 Å². The Morgan fingerprint density at radius 1 is 1.41 bits per heavy atom. The van der Waals surface area contributed by atoms with Crippen molar-refractivity contribution in [2.24, 2.45) is 5.73 Å². The smallest absolute Gasteiger partial charge is 0.269 e. The average Bonchev–Trinajstić information content (AvgIpc) is 2.75. The summed E-state index contributed by atoms with van der Waals surface area (Å²) in [6, 6.07) is 3.14. The molecule has 1 aromatic heterocycles. The minimum atomic E-state index is -0.635. The van der Waals surface area contributed by atoms with Gasteiger partial charge in [-0.3, -0.25) is 4.79 Å². The fraction of sp³-hybridized carbons (Fsp3) is 0.545. The van der Waals surface area contributed by atoms with E-state index in [0.717, 1.165) is 25.7 Å². The number of rotatable bonds is 4. The van der Waals surface area contributed by atoms with Crippen LogP contribution in [-0.4, -0.2) is 33.4 Å². The van der Waals surface area contributed by atoms with Gasteiger partial charge in [0.15, 0.2) is 5.69 Å². The summed E-state index contributed by atoms with van der Waals surface area (Å²) in [6.45, 7) is 0.456. The molecule has 1 aliphatic rings. The number of amides is 1. The van der Waals surface area contributed by atoms with E-state index in [1.54, 1.807) is 6.07 Å². The Balaban J connectivity index is 1.93. The highest BCUT2D eigenvalue weighted by atomic mass is 16.3. The molecular formula is C11H16N4O2. The molecule has 17 heavy (non-hydrogen) atoms. The molecule has 0 aliphatic heterocycles. The molecule has 4 N–H and O–H groups in total. The van der Waals surface area contributed by atoms with Gasteiger partial charge in [-0.05, 0) is 25.0 Å². The Bertz CT molecular complexity index is 398. The molecule has 0 spiro atoms. The Hall–Kier alpha value is -1.69. The van der Waals surface area contributed by atoms with Crippen molar-refractivity contribution in [1.82, 2.24) is 10.2 Å². The first kappa shape index (κ1) is 11.8. The molecule has 0 atom stereocenters. The summed E-state index contributed by atoms with van der Waals surface area (Å²) in [5, 5.41) is 20.6. The van der Waals surface area contributed by atoms with Crippen LogP contribution in [0.2, 0.25) is 0 Å². The van der Waals surface area contributed by atoms with E-state index in [2.05, 4.69) is 15.5 Å². The summed E-state index contributed by atoms with van der Waals surface area (Å²) in [5.41, 5.74) is 4.56. The van der Waals surface area contributed by atoms with E-state index >= 15 is 0 Å². The SMILES string of the molecule is NC(=O)c1ccc(NCC2(O)CCCC2)nn1. The predicted octanol–water partition coefficient (Wildman–Crippen LogP) is 0.292. The standard InChI is InChI=1S/C11H16N4O2/c12-10(16)8-3-4-9(15-14-8)13-7-11(17)5-1-2-6-11/h3-4,17H,1-2,5-7H2,(H2,12,16)(H,13,15). The van der Waals surface area contributed by atoms with Gasteiger partial charge in [0.25, 0.3) is 5.91 Å². The third-order valence-corrected chi connectivity index (χ3v) is 3.05. The number of nitrogens with two attached hydrogens (primary N) is 1. The van der Waals surface area contributed by atoms with E-state index in [0.29, 0.717) is 12.4 Å². The van der Waals surface area contributed by atoms with Crippen LogP contribution in [0.15, 0.2) is 12.1 Å². The van der Waals surface area contributed by atoms with Crippen molar-refractivity contribution in [2.45, 2.75) is 31.3 Å². The maximum Gasteiger partial charge on any atom is 0.269 e. The Labute approximate surface area is 99.2 Å². The molecule has 0 bridgehead atoms. The molecule has 1 aliphatic carbocycles. The maximum absolute atomic E-state index is 10.8. The van der Waals surface area contributed by atoms with Crippen LogP contribution in [0, 0.1) is 0 Å². The van der Waals surface area contributed by atoms with Gasteiger partial charge in [0.2, 0.25) is 0 Å². The third-order valence-electron chi connectivity index (χ3n) is 3.05. The summed E-state index contributed by atoms with van der Waals surface area (Å²) < 4.78 is 0. The first-order valence-corrected chi connectivity index (χ1v) is 5.69. The lowest BCUT2D eigenvalue weighted by Gasteiger charge is -2.22. The number of nitrogens with one attached hydrogen (secondary N) is 1. The van der Waals surface area contributed by atoms with Crippen LogP contribution in [0.3, 0.4) is 0 Å². The average molecular weight is 236 g/mol. The first-order valence-electron chi connectivity index (χ1n) is 5.69. The molecule has 1 heterocycles. The summed E-state index contributed by atoms with van der Waals surface area (Å²) in [5.74, 6) is -0.0613. The Morgan fingerprint density at radius 2 is 2.12 bits per heavy atom. The lowest BCUT2D eigenvalue weighted by atomic mass is 10.0. The topological polar surface area (TPSA) is 101 Å². The zero-order valence-electron chi connectivity index (χ0n) is 9.52. The van der Waals surface area contributed by atoms with E-state index < -0.39 is 11.5 Å². The minimum absolute atomic E-state index is 0.134. The highest BCUT2D eigenvalue weighted by molar-refractivity contribution is 5.90. The number of anilines is 1. The van der Waals surface area contributed by atoms with Crippen molar-refractivity contribution < 1.29 is 9.90 Å². The number of aliphatic hydroxyl groups is 1. The Morgan fingerprint density at radius 3 is 2.65 bits per heavy atom. The van der Waals surface area contributed by atoms with E-state index in [1.165, 1.54) is 6.07 Å². The van der Waals surface area contributed by atoms with Crippen molar-refractivity contribution in [1.29, 1.82) is 0 Å². The van der Waals surface area contributed by atoms with Crippen LogP contribution in [0.1, 0.15) is 36.2 Å². The molecule has 0 radical (unpaired) electrons. The van der Waals surface area contributed by atoms with E-state index in [1.807, 2.05) is 0 Å². The molecule has 6 nitrogen and oxygen atoms in total. The molecule has 0 saturated heterocycles. The molecule has 1 fully saturated rings. The lowest BCUT2D eigenvalue weighted by Crippen LogP contribution is -2.33. The number of carbonyl (C=O) groups is 1. The molecule has 0 aromatic carbocycles. The quantitative estimate of drug-likeness (QED) is 0.697. The monoisotopic (exact) mass is 236 g/mol.